The number of carboxylic acid groups (broad SMARTS) is 1. The van der Waals surface area contributed by atoms with Gasteiger partial charge in [0.1, 0.15) is 6.04 Å². The molecule has 0 spiro atoms. The zero-order valence-corrected chi connectivity index (χ0v) is 20.3. The van der Waals surface area contributed by atoms with Gasteiger partial charge in [0.25, 0.3) is 0 Å². The fourth-order valence-corrected chi connectivity index (χ4v) is 3.81. The zero-order valence-electron chi connectivity index (χ0n) is 20.3. The Morgan fingerprint density at radius 2 is 1.53 bits per heavy atom. The summed E-state index contributed by atoms with van der Waals surface area (Å²) in [4.78, 5) is 39.4. The lowest BCUT2D eigenvalue weighted by Gasteiger charge is -2.37. The van der Waals surface area contributed by atoms with Crippen molar-refractivity contribution < 1.29 is 19.5 Å². The number of nitrogens with zero attached hydrogens (tertiary/aromatic N) is 1. The first kappa shape index (κ1) is 28.1. The Labute approximate surface area is 182 Å². The zero-order chi connectivity index (χ0) is 23.6. The SMILES string of the molecule is CCCC(CCC)(NC)C(=O)N[C@H](C(=O)N(C)[C@H](C=C(C)C(=O)O)C(C)C)C(C)C. The van der Waals surface area contributed by atoms with Crippen molar-refractivity contribution in [1.29, 1.82) is 0 Å². The van der Waals surface area contributed by atoms with Crippen LogP contribution in [0.5, 0.6) is 0 Å². The van der Waals surface area contributed by atoms with Gasteiger partial charge in [-0.15, -0.1) is 0 Å². The van der Waals surface area contributed by atoms with Crippen molar-refractivity contribution in [3.63, 3.8) is 0 Å². The van der Waals surface area contributed by atoms with Crippen molar-refractivity contribution in [2.24, 2.45) is 11.8 Å². The molecule has 0 aromatic rings. The molecule has 0 saturated carbocycles. The highest BCUT2D eigenvalue weighted by Gasteiger charge is 2.39. The first-order chi connectivity index (χ1) is 13.9. The molecule has 0 saturated heterocycles. The smallest absolute Gasteiger partial charge is 0.331 e. The molecule has 0 fully saturated rings. The van der Waals surface area contributed by atoms with Crippen LogP contribution in [0, 0.1) is 11.8 Å². The summed E-state index contributed by atoms with van der Waals surface area (Å²) < 4.78 is 0. The number of aliphatic carboxylic acids is 1. The van der Waals surface area contributed by atoms with Gasteiger partial charge in [0.05, 0.1) is 11.6 Å². The maximum absolute atomic E-state index is 13.4. The van der Waals surface area contributed by atoms with E-state index in [9.17, 15) is 19.5 Å². The monoisotopic (exact) mass is 425 g/mol. The third-order valence-electron chi connectivity index (χ3n) is 5.72. The lowest BCUT2D eigenvalue weighted by atomic mass is 9.86. The van der Waals surface area contributed by atoms with Crippen molar-refractivity contribution in [2.75, 3.05) is 14.1 Å². The molecule has 2 atom stereocenters. The van der Waals surface area contributed by atoms with E-state index >= 15 is 0 Å². The standard InChI is InChI=1S/C23H43N3O4/c1-10-12-23(24-8,13-11-2)22(30)25-19(16(5)6)20(27)26(9)18(15(3)4)14-17(7)21(28)29/h14-16,18-19,24H,10-13H2,1-9H3,(H,25,30)(H,28,29)/t18-,19+/m1/s1. The van der Waals surface area contributed by atoms with E-state index < -0.39 is 17.6 Å². The Morgan fingerprint density at radius 3 is 1.87 bits per heavy atom. The fraction of sp³-hybridized carbons (Fsp3) is 0.783. The molecule has 0 aromatic heterocycles. The molecule has 7 nitrogen and oxygen atoms in total. The van der Waals surface area contributed by atoms with E-state index in [4.69, 9.17) is 0 Å². The van der Waals surface area contributed by atoms with Gasteiger partial charge in [-0.05, 0) is 38.6 Å². The number of likely N-dealkylation sites (N-methyl/N-ethyl adjacent to an activating group) is 2. The molecular formula is C23H43N3O4. The van der Waals surface area contributed by atoms with Crippen molar-refractivity contribution in [3.05, 3.63) is 11.6 Å². The molecule has 0 aliphatic rings. The average molecular weight is 426 g/mol. The van der Waals surface area contributed by atoms with Gasteiger partial charge in [0.2, 0.25) is 11.8 Å². The van der Waals surface area contributed by atoms with Crippen molar-refractivity contribution in [2.45, 2.75) is 91.8 Å². The predicted octanol–water partition coefficient (Wildman–Crippen LogP) is 3.20. The summed E-state index contributed by atoms with van der Waals surface area (Å²) in [5.41, 5.74) is -0.509. The average Bonchev–Trinajstić information content (AvgIpc) is 2.67. The third-order valence-corrected chi connectivity index (χ3v) is 5.72. The maximum atomic E-state index is 13.4. The highest BCUT2D eigenvalue weighted by atomic mass is 16.4. The third kappa shape index (κ3) is 7.42. The van der Waals surface area contributed by atoms with Crippen LogP contribution in [-0.4, -0.2) is 59.5 Å². The molecule has 0 bridgehead atoms. The lowest BCUT2D eigenvalue weighted by Crippen LogP contribution is -2.61. The molecule has 30 heavy (non-hydrogen) atoms. The molecule has 7 heteroatoms. The highest BCUT2D eigenvalue weighted by Crippen LogP contribution is 2.22. The Balaban J connectivity index is 5.82. The van der Waals surface area contributed by atoms with E-state index in [0.29, 0.717) is 12.8 Å². The van der Waals surface area contributed by atoms with E-state index in [-0.39, 0.29) is 35.3 Å². The van der Waals surface area contributed by atoms with E-state index in [1.807, 2.05) is 41.5 Å². The molecule has 0 aromatic carbocycles. The van der Waals surface area contributed by atoms with Gasteiger partial charge >= 0.3 is 5.97 Å². The topological polar surface area (TPSA) is 98.7 Å². The largest absolute Gasteiger partial charge is 0.478 e. The van der Waals surface area contributed by atoms with Crippen LogP contribution in [0.3, 0.4) is 0 Å². The molecular weight excluding hydrogens is 382 g/mol. The van der Waals surface area contributed by atoms with E-state index in [2.05, 4.69) is 10.6 Å². The van der Waals surface area contributed by atoms with Crippen LogP contribution in [0.15, 0.2) is 11.6 Å². The van der Waals surface area contributed by atoms with E-state index in [0.717, 1.165) is 12.8 Å². The number of carboxylic acids is 1. The minimum Gasteiger partial charge on any atom is -0.478 e. The summed E-state index contributed by atoms with van der Waals surface area (Å²) in [7, 11) is 3.46. The molecule has 0 aliphatic heterocycles. The van der Waals surface area contributed by atoms with Gasteiger partial charge in [0, 0.05) is 12.6 Å². The van der Waals surface area contributed by atoms with Crippen LogP contribution in [0.4, 0.5) is 0 Å². The van der Waals surface area contributed by atoms with Crippen molar-refractivity contribution in [1.82, 2.24) is 15.5 Å². The Morgan fingerprint density at radius 1 is 1.03 bits per heavy atom. The number of hydrogen-bond donors (Lipinski definition) is 3. The summed E-state index contributed by atoms with van der Waals surface area (Å²) in [6.07, 6.45) is 4.68. The number of carbonyl (C=O) groups excluding carboxylic acids is 2. The molecule has 3 N–H and O–H groups in total. The quantitative estimate of drug-likeness (QED) is 0.394. The number of rotatable bonds is 13. The van der Waals surface area contributed by atoms with Gasteiger partial charge in [-0.2, -0.15) is 0 Å². The number of amides is 2. The Kier molecular flexibility index (Phi) is 11.9. The fourth-order valence-electron chi connectivity index (χ4n) is 3.81. The molecule has 0 unspecified atom stereocenters. The molecule has 0 heterocycles. The lowest BCUT2D eigenvalue weighted by molar-refractivity contribution is -0.140. The first-order valence-electron chi connectivity index (χ1n) is 11.1. The van der Waals surface area contributed by atoms with E-state index in [1.165, 1.54) is 6.92 Å². The maximum Gasteiger partial charge on any atom is 0.331 e. The van der Waals surface area contributed by atoms with Gasteiger partial charge in [0.15, 0.2) is 0 Å². The van der Waals surface area contributed by atoms with Crippen molar-refractivity contribution >= 4 is 17.8 Å². The van der Waals surface area contributed by atoms with E-state index in [1.54, 1.807) is 25.1 Å². The Bertz CT molecular complexity index is 608. The number of nitrogens with one attached hydrogen (secondary N) is 2. The second-order valence-electron chi connectivity index (χ2n) is 8.87. The second-order valence-corrected chi connectivity index (χ2v) is 8.87. The summed E-state index contributed by atoms with van der Waals surface area (Å²) >= 11 is 0. The number of hydrogen-bond acceptors (Lipinski definition) is 4. The highest BCUT2D eigenvalue weighted by molar-refractivity contribution is 5.92. The predicted molar refractivity (Wildman–Crippen MR) is 121 cm³/mol. The molecule has 0 radical (unpaired) electrons. The first-order valence-corrected chi connectivity index (χ1v) is 11.1. The van der Waals surface area contributed by atoms with Crippen molar-refractivity contribution in [3.8, 4) is 0 Å². The van der Waals surface area contributed by atoms with Gasteiger partial charge < -0.3 is 20.6 Å². The normalized spacial score (nSPS) is 14.6. The number of carbonyl (C=O) groups is 3. The van der Waals surface area contributed by atoms with Crippen LogP contribution in [-0.2, 0) is 14.4 Å². The molecule has 174 valence electrons. The van der Waals surface area contributed by atoms with Crippen LogP contribution in [0.1, 0.15) is 74.1 Å². The van der Waals surface area contributed by atoms with Gasteiger partial charge in [-0.25, -0.2) is 4.79 Å². The van der Waals surface area contributed by atoms with Crippen LogP contribution >= 0.6 is 0 Å². The molecule has 0 aliphatic carbocycles. The van der Waals surface area contributed by atoms with Gasteiger partial charge in [-0.3, -0.25) is 9.59 Å². The summed E-state index contributed by atoms with van der Waals surface area (Å²) in [5, 5.41) is 15.4. The van der Waals surface area contributed by atoms with Gasteiger partial charge in [-0.1, -0.05) is 60.5 Å². The summed E-state index contributed by atoms with van der Waals surface area (Å²) in [6.45, 7) is 13.3. The van der Waals surface area contributed by atoms with Crippen LogP contribution in [0.25, 0.3) is 0 Å². The second kappa shape index (κ2) is 12.7. The van der Waals surface area contributed by atoms with Crippen LogP contribution < -0.4 is 10.6 Å². The summed E-state index contributed by atoms with van der Waals surface area (Å²) in [6, 6.07) is -1.07. The summed E-state index contributed by atoms with van der Waals surface area (Å²) in [5.74, 6) is -1.47. The molecule has 2 amide bonds. The van der Waals surface area contributed by atoms with Crippen LogP contribution in [0.2, 0.25) is 0 Å². The molecule has 0 rings (SSSR count). The minimum absolute atomic E-state index is 0.0216. The Hall–Kier alpha value is -1.89. The minimum atomic E-state index is -1.01.